The molecule has 0 aromatic heterocycles. The maximum Gasteiger partial charge on any atom is 1.00 e. The van der Waals surface area contributed by atoms with Gasteiger partial charge >= 0.3 is 29.6 Å². The third-order valence-corrected chi connectivity index (χ3v) is 9.96. The van der Waals surface area contributed by atoms with Gasteiger partial charge in [-0.15, -0.1) is 0 Å². The number of aliphatic hydroxyl groups is 1. The van der Waals surface area contributed by atoms with Crippen molar-refractivity contribution in [2.45, 2.75) is 23.4 Å². The van der Waals surface area contributed by atoms with Crippen LogP contribution in [-0.4, -0.2) is 62.2 Å². The monoisotopic (exact) mass is 685 g/mol. The van der Waals surface area contributed by atoms with Crippen molar-refractivity contribution in [3.05, 3.63) is 119 Å². The first-order chi connectivity index (χ1) is 20.9. The number of anilines is 2. The Labute approximate surface area is 299 Å². The zero-order valence-electron chi connectivity index (χ0n) is 25.9. The van der Waals surface area contributed by atoms with E-state index in [0.29, 0.717) is 33.6 Å². The summed E-state index contributed by atoms with van der Waals surface area (Å²) >= 11 is 0. The Bertz CT molecular complexity index is 1980. The zero-order chi connectivity index (χ0) is 31.8. The summed E-state index contributed by atoms with van der Waals surface area (Å²) < 4.78 is 51.2. The number of carbonyl (C=O) groups is 3. The van der Waals surface area contributed by atoms with Crippen LogP contribution in [0, 0.1) is 0 Å². The van der Waals surface area contributed by atoms with Gasteiger partial charge < -0.3 is 6.53 Å². The van der Waals surface area contributed by atoms with Gasteiger partial charge in [-0.3, -0.25) is 19.3 Å². The van der Waals surface area contributed by atoms with E-state index in [1.165, 1.54) is 67.5 Å². The molecular formula is C31H31BN4NaO8S2. The number of sulfonamides is 2. The minimum atomic E-state index is -3.56. The SMILES string of the molecule is C.CNS(=O)(=O)c1ccc(N2C(=O)c3ccccc3C2=O)cc1.CNS(=O)(=O)c1ccc(N2C(=O)c3ccccc3C2O)cc1.[B].[H-].[Na+]. The normalized spacial score (nSPS) is 15.0. The molecule has 0 bridgehead atoms. The number of nitrogens with zero attached hydrogens (tertiary/aromatic N) is 2. The van der Waals surface area contributed by atoms with Crippen LogP contribution in [0.3, 0.4) is 0 Å². The van der Waals surface area contributed by atoms with Crippen LogP contribution in [-0.2, 0) is 20.0 Å². The molecule has 12 nitrogen and oxygen atoms in total. The van der Waals surface area contributed by atoms with Crippen LogP contribution in [0.4, 0.5) is 11.4 Å². The molecule has 4 aromatic carbocycles. The predicted molar refractivity (Wildman–Crippen MR) is 175 cm³/mol. The van der Waals surface area contributed by atoms with Crippen molar-refractivity contribution in [3.63, 3.8) is 0 Å². The molecule has 3 amide bonds. The molecule has 0 saturated heterocycles. The van der Waals surface area contributed by atoms with Gasteiger partial charge in [-0.05, 0) is 80.8 Å². The number of hydrogen-bond acceptors (Lipinski definition) is 8. The summed E-state index contributed by atoms with van der Waals surface area (Å²) in [6.07, 6.45) is -1.07. The second-order valence-electron chi connectivity index (χ2n) is 9.53. The van der Waals surface area contributed by atoms with Crippen molar-refractivity contribution in [3.8, 4) is 0 Å². The number of nitrogens with one attached hydrogen (secondary N) is 2. The van der Waals surface area contributed by atoms with E-state index in [1.807, 2.05) is 0 Å². The Morgan fingerprint density at radius 3 is 1.40 bits per heavy atom. The van der Waals surface area contributed by atoms with E-state index >= 15 is 0 Å². The van der Waals surface area contributed by atoms with Crippen molar-refractivity contribution >= 4 is 57.6 Å². The topological polar surface area (TPSA) is 170 Å². The largest absolute Gasteiger partial charge is 1.00 e. The van der Waals surface area contributed by atoms with Crippen molar-refractivity contribution in [2.24, 2.45) is 0 Å². The molecule has 1 atom stereocenters. The quantitative estimate of drug-likeness (QED) is 0.188. The van der Waals surface area contributed by atoms with Gasteiger partial charge in [-0.1, -0.05) is 37.8 Å². The molecule has 2 heterocycles. The van der Waals surface area contributed by atoms with Gasteiger partial charge in [0, 0.05) is 25.2 Å². The fourth-order valence-corrected chi connectivity index (χ4v) is 6.24. The van der Waals surface area contributed by atoms with Gasteiger partial charge in [0.15, 0.2) is 6.23 Å². The van der Waals surface area contributed by atoms with Crippen molar-refractivity contribution in [1.29, 1.82) is 0 Å². The van der Waals surface area contributed by atoms with Crippen molar-refractivity contribution in [1.82, 2.24) is 9.44 Å². The molecule has 3 N–H and O–H groups in total. The summed E-state index contributed by atoms with van der Waals surface area (Å²) in [5.41, 5.74) is 2.45. The van der Waals surface area contributed by atoms with Gasteiger partial charge in [0.25, 0.3) is 17.7 Å². The summed E-state index contributed by atoms with van der Waals surface area (Å²) in [6, 6.07) is 24.8. The molecule has 16 heteroatoms. The van der Waals surface area contributed by atoms with E-state index in [4.69, 9.17) is 0 Å². The van der Waals surface area contributed by atoms with Gasteiger partial charge in [-0.2, -0.15) is 0 Å². The van der Waals surface area contributed by atoms with Crippen LogP contribution in [0.1, 0.15) is 51.7 Å². The van der Waals surface area contributed by atoms with Gasteiger partial charge in [0.05, 0.1) is 26.6 Å². The van der Waals surface area contributed by atoms with E-state index in [9.17, 15) is 36.3 Å². The van der Waals surface area contributed by atoms with Crippen LogP contribution in [0.15, 0.2) is 107 Å². The molecule has 3 radical (unpaired) electrons. The van der Waals surface area contributed by atoms with E-state index < -0.39 is 38.1 Å². The maximum absolute atomic E-state index is 12.4. The van der Waals surface area contributed by atoms with Crippen LogP contribution < -0.4 is 48.8 Å². The van der Waals surface area contributed by atoms with Gasteiger partial charge in [0.2, 0.25) is 20.0 Å². The fourth-order valence-electron chi connectivity index (χ4n) is 4.78. The Balaban J connectivity index is 0.000000443. The first-order valence-corrected chi connectivity index (χ1v) is 16.0. The van der Waals surface area contributed by atoms with Crippen LogP contribution in [0.5, 0.6) is 0 Å². The molecule has 47 heavy (non-hydrogen) atoms. The maximum atomic E-state index is 12.4. The van der Waals surface area contributed by atoms with Gasteiger partial charge in [-0.25, -0.2) is 31.2 Å². The number of hydrogen-bond donors (Lipinski definition) is 3. The number of amides is 3. The summed E-state index contributed by atoms with van der Waals surface area (Å²) in [5, 5.41) is 10.3. The molecule has 0 saturated carbocycles. The predicted octanol–water partition coefficient (Wildman–Crippen LogP) is 0.0131. The second kappa shape index (κ2) is 15.5. The first-order valence-electron chi connectivity index (χ1n) is 13.1. The number of benzene rings is 4. The Hall–Kier alpha value is -3.67. The summed E-state index contributed by atoms with van der Waals surface area (Å²) in [4.78, 5) is 39.5. The molecule has 4 aromatic rings. The zero-order valence-corrected chi connectivity index (χ0v) is 28.5. The van der Waals surface area contributed by atoms with E-state index in [0.717, 1.165) is 4.90 Å². The molecular weight excluding hydrogens is 654 g/mol. The molecule has 239 valence electrons. The van der Waals surface area contributed by atoms with Crippen LogP contribution >= 0.6 is 0 Å². The number of rotatable bonds is 6. The smallest absolute Gasteiger partial charge is 1.00 e. The molecule has 0 fully saturated rings. The summed E-state index contributed by atoms with van der Waals surface area (Å²) in [5.74, 6) is -1.14. The Morgan fingerprint density at radius 2 is 1.00 bits per heavy atom. The fraction of sp³-hybridized carbons (Fsp3) is 0.129. The first kappa shape index (κ1) is 39.5. The van der Waals surface area contributed by atoms with Crippen LogP contribution in [0.2, 0.25) is 0 Å². The Morgan fingerprint density at radius 1 is 0.617 bits per heavy atom. The minimum absolute atomic E-state index is 0. The van der Waals surface area contributed by atoms with E-state index in [1.54, 1.807) is 48.5 Å². The second-order valence-corrected chi connectivity index (χ2v) is 13.3. The summed E-state index contributed by atoms with van der Waals surface area (Å²) in [7, 11) is -4.45. The molecule has 0 aliphatic carbocycles. The van der Waals surface area contributed by atoms with Crippen molar-refractivity contribution < 1.29 is 67.3 Å². The molecule has 1 unspecified atom stereocenters. The number of fused-ring (bicyclic) bond motifs is 2. The molecule has 0 spiro atoms. The van der Waals surface area contributed by atoms with Gasteiger partial charge in [0.1, 0.15) is 0 Å². The summed E-state index contributed by atoms with van der Waals surface area (Å²) in [6.45, 7) is 0. The standard InChI is InChI=1S/C15H14N2O4S.C15H12N2O4S.CH4.B.Na.H/c2*1-16-22(20,21)11-8-6-10(7-9-11)17-14(18)12-4-2-3-5-13(12)15(17)19;;;;/h2-9,14,16,18H,1H3;2-9,16H,1H3;1H4;;;/q;;;;+1;-1. The minimum Gasteiger partial charge on any atom is -1.00 e. The van der Waals surface area contributed by atoms with E-state index in [-0.39, 0.29) is 62.5 Å². The number of aliphatic hydroxyl groups excluding tert-OH is 1. The van der Waals surface area contributed by atoms with Crippen LogP contribution in [0.25, 0.3) is 0 Å². The Kier molecular flexibility index (Phi) is 13.0. The molecule has 6 rings (SSSR count). The number of imide groups is 1. The third-order valence-electron chi connectivity index (χ3n) is 7.09. The molecule has 2 aliphatic heterocycles. The molecule has 2 aliphatic rings. The van der Waals surface area contributed by atoms with E-state index in [2.05, 4.69) is 9.44 Å². The number of carbonyl (C=O) groups excluding carboxylic acids is 3. The van der Waals surface area contributed by atoms with Crippen molar-refractivity contribution in [2.75, 3.05) is 23.9 Å². The average molecular weight is 686 g/mol. The third kappa shape index (κ3) is 7.42. The average Bonchev–Trinajstić information content (AvgIpc) is 3.45.